The van der Waals surface area contributed by atoms with Gasteiger partial charge >= 0.3 is 0 Å². The SMILES string of the molecule is CC(NCC(O)CN(C)C)c1ccnc(Cl)c1. The van der Waals surface area contributed by atoms with E-state index < -0.39 is 0 Å². The van der Waals surface area contributed by atoms with Crippen LogP contribution in [0.5, 0.6) is 0 Å². The van der Waals surface area contributed by atoms with E-state index in [0.29, 0.717) is 18.2 Å². The molecule has 5 heteroatoms. The van der Waals surface area contributed by atoms with Crippen molar-refractivity contribution in [3.63, 3.8) is 0 Å². The molecule has 4 nitrogen and oxygen atoms in total. The first-order valence-electron chi connectivity index (χ1n) is 5.66. The molecule has 0 spiro atoms. The van der Waals surface area contributed by atoms with Crippen LogP contribution < -0.4 is 5.32 Å². The van der Waals surface area contributed by atoms with Gasteiger partial charge in [-0.3, -0.25) is 0 Å². The molecular weight excluding hydrogens is 238 g/mol. The van der Waals surface area contributed by atoms with Crippen molar-refractivity contribution in [1.82, 2.24) is 15.2 Å². The fourth-order valence-electron chi connectivity index (χ4n) is 1.60. The molecule has 0 saturated heterocycles. The molecule has 1 aromatic rings. The van der Waals surface area contributed by atoms with Crippen LogP contribution in [-0.2, 0) is 0 Å². The quantitative estimate of drug-likeness (QED) is 0.755. The van der Waals surface area contributed by atoms with Crippen molar-refractivity contribution < 1.29 is 5.11 Å². The summed E-state index contributed by atoms with van der Waals surface area (Å²) in [5.74, 6) is 0. The van der Waals surface area contributed by atoms with Gasteiger partial charge in [0.25, 0.3) is 0 Å². The van der Waals surface area contributed by atoms with E-state index in [2.05, 4.69) is 10.3 Å². The van der Waals surface area contributed by atoms with E-state index in [1.807, 2.05) is 38.1 Å². The molecule has 0 bridgehead atoms. The topological polar surface area (TPSA) is 48.4 Å². The van der Waals surface area contributed by atoms with Crippen molar-refractivity contribution in [1.29, 1.82) is 0 Å². The minimum Gasteiger partial charge on any atom is -0.390 e. The number of halogens is 1. The molecule has 1 heterocycles. The Hall–Kier alpha value is -0.680. The predicted octanol–water partition coefficient (Wildman–Crippen LogP) is 1.31. The van der Waals surface area contributed by atoms with Crippen molar-refractivity contribution >= 4 is 11.6 Å². The zero-order chi connectivity index (χ0) is 12.8. The molecule has 0 aliphatic carbocycles. The Balaban J connectivity index is 2.42. The van der Waals surface area contributed by atoms with Crippen molar-refractivity contribution in [3.8, 4) is 0 Å². The summed E-state index contributed by atoms with van der Waals surface area (Å²) < 4.78 is 0. The third-order valence-corrected chi connectivity index (χ3v) is 2.69. The molecule has 2 unspecified atom stereocenters. The van der Waals surface area contributed by atoms with Crippen molar-refractivity contribution in [2.24, 2.45) is 0 Å². The van der Waals surface area contributed by atoms with Gasteiger partial charge in [-0.15, -0.1) is 0 Å². The highest BCUT2D eigenvalue weighted by atomic mass is 35.5. The number of nitrogens with one attached hydrogen (secondary N) is 1. The number of aliphatic hydroxyl groups excluding tert-OH is 1. The van der Waals surface area contributed by atoms with Gasteiger partial charge in [0.1, 0.15) is 5.15 Å². The van der Waals surface area contributed by atoms with Crippen molar-refractivity contribution in [3.05, 3.63) is 29.0 Å². The summed E-state index contributed by atoms with van der Waals surface area (Å²) in [7, 11) is 3.88. The summed E-state index contributed by atoms with van der Waals surface area (Å²) in [5, 5.41) is 13.5. The molecule has 2 N–H and O–H groups in total. The monoisotopic (exact) mass is 257 g/mol. The maximum Gasteiger partial charge on any atom is 0.129 e. The van der Waals surface area contributed by atoms with Crippen molar-refractivity contribution in [2.75, 3.05) is 27.2 Å². The molecule has 0 saturated carbocycles. The van der Waals surface area contributed by atoms with E-state index in [1.54, 1.807) is 6.20 Å². The van der Waals surface area contributed by atoms with Gasteiger partial charge in [0.05, 0.1) is 6.10 Å². The molecule has 0 aliphatic rings. The Kier molecular flexibility index (Phi) is 5.85. The molecule has 0 aromatic carbocycles. The highest BCUT2D eigenvalue weighted by Crippen LogP contribution is 2.14. The zero-order valence-electron chi connectivity index (χ0n) is 10.5. The molecule has 0 radical (unpaired) electrons. The third kappa shape index (κ3) is 5.46. The zero-order valence-corrected chi connectivity index (χ0v) is 11.3. The molecule has 0 fully saturated rings. The van der Waals surface area contributed by atoms with Crippen LogP contribution in [0.3, 0.4) is 0 Å². The Labute approximate surface area is 108 Å². The molecule has 0 aliphatic heterocycles. The van der Waals surface area contributed by atoms with Crippen LogP contribution in [0.2, 0.25) is 5.15 Å². The van der Waals surface area contributed by atoms with Gasteiger partial charge in [-0.25, -0.2) is 4.98 Å². The van der Waals surface area contributed by atoms with Gasteiger partial charge in [0.2, 0.25) is 0 Å². The minimum atomic E-state index is -0.371. The van der Waals surface area contributed by atoms with E-state index in [0.717, 1.165) is 5.56 Å². The number of hydrogen-bond acceptors (Lipinski definition) is 4. The summed E-state index contributed by atoms with van der Waals surface area (Å²) in [6, 6.07) is 3.90. The fourth-order valence-corrected chi connectivity index (χ4v) is 1.79. The van der Waals surface area contributed by atoms with Gasteiger partial charge in [0.15, 0.2) is 0 Å². The molecular formula is C12H20ClN3O. The lowest BCUT2D eigenvalue weighted by Crippen LogP contribution is -2.36. The fraction of sp³-hybridized carbons (Fsp3) is 0.583. The normalized spacial score (nSPS) is 14.9. The second-order valence-electron chi connectivity index (χ2n) is 4.46. The van der Waals surface area contributed by atoms with Crippen LogP contribution in [0.15, 0.2) is 18.3 Å². The summed E-state index contributed by atoms with van der Waals surface area (Å²) in [6.45, 7) is 3.24. The van der Waals surface area contributed by atoms with Gasteiger partial charge < -0.3 is 15.3 Å². The molecule has 17 heavy (non-hydrogen) atoms. The van der Waals surface area contributed by atoms with E-state index >= 15 is 0 Å². The van der Waals surface area contributed by atoms with E-state index in [-0.39, 0.29) is 12.1 Å². The Morgan fingerprint density at radius 1 is 1.53 bits per heavy atom. The van der Waals surface area contributed by atoms with E-state index in [9.17, 15) is 5.11 Å². The number of aliphatic hydroxyl groups is 1. The molecule has 0 amide bonds. The largest absolute Gasteiger partial charge is 0.390 e. The lowest BCUT2D eigenvalue weighted by Gasteiger charge is -2.20. The van der Waals surface area contributed by atoms with E-state index in [4.69, 9.17) is 11.6 Å². The van der Waals surface area contributed by atoms with Crippen LogP contribution in [0.1, 0.15) is 18.5 Å². The highest BCUT2D eigenvalue weighted by Gasteiger charge is 2.09. The first-order valence-corrected chi connectivity index (χ1v) is 6.04. The van der Waals surface area contributed by atoms with Crippen LogP contribution in [0, 0.1) is 0 Å². The third-order valence-electron chi connectivity index (χ3n) is 2.49. The predicted molar refractivity (Wildman–Crippen MR) is 70.2 cm³/mol. The number of pyridine rings is 1. The first-order chi connectivity index (χ1) is 7.99. The average Bonchev–Trinajstić information content (AvgIpc) is 2.25. The van der Waals surface area contributed by atoms with Crippen LogP contribution in [0.25, 0.3) is 0 Å². The molecule has 2 atom stereocenters. The van der Waals surface area contributed by atoms with Crippen LogP contribution in [0.4, 0.5) is 0 Å². The number of likely N-dealkylation sites (N-methyl/N-ethyl adjacent to an activating group) is 1. The summed E-state index contributed by atoms with van der Waals surface area (Å²) >= 11 is 5.83. The number of nitrogens with zero attached hydrogens (tertiary/aromatic N) is 2. The van der Waals surface area contributed by atoms with E-state index in [1.165, 1.54) is 0 Å². The van der Waals surface area contributed by atoms with Crippen molar-refractivity contribution in [2.45, 2.75) is 19.1 Å². The lowest BCUT2D eigenvalue weighted by atomic mass is 10.1. The lowest BCUT2D eigenvalue weighted by molar-refractivity contribution is 0.132. The average molecular weight is 258 g/mol. The second kappa shape index (κ2) is 6.91. The van der Waals surface area contributed by atoms with Gasteiger partial charge in [0, 0.05) is 25.3 Å². The van der Waals surface area contributed by atoms with Gasteiger partial charge in [-0.2, -0.15) is 0 Å². The Morgan fingerprint density at radius 2 is 2.24 bits per heavy atom. The van der Waals surface area contributed by atoms with Gasteiger partial charge in [-0.1, -0.05) is 11.6 Å². The smallest absolute Gasteiger partial charge is 0.129 e. The number of hydrogen-bond donors (Lipinski definition) is 2. The summed E-state index contributed by atoms with van der Waals surface area (Å²) in [5.41, 5.74) is 1.07. The van der Waals surface area contributed by atoms with Crippen LogP contribution in [-0.4, -0.2) is 48.3 Å². The van der Waals surface area contributed by atoms with Gasteiger partial charge in [-0.05, 0) is 38.7 Å². The number of rotatable bonds is 6. The molecule has 1 rings (SSSR count). The number of aromatic nitrogens is 1. The van der Waals surface area contributed by atoms with Crippen LogP contribution >= 0.6 is 11.6 Å². The Bertz CT molecular complexity index is 346. The minimum absolute atomic E-state index is 0.146. The summed E-state index contributed by atoms with van der Waals surface area (Å²) in [4.78, 5) is 5.90. The Morgan fingerprint density at radius 3 is 2.82 bits per heavy atom. The highest BCUT2D eigenvalue weighted by molar-refractivity contribution is 6.29. The second-order valence-corrected chi connectivity index (χ2v) is 4.85. The maximum atomic E-state index is 9.73. The molecule has 96 valence electrons. The summed E-state index contributed by atoms with van der Waals surface area (Å²) in [6.07, 6.45) is 1.32. The first kappa shape index (κ1) is 14.4. The maximum absolute atomic E-state index is 9.73. The standard InChI is InChI=1S/C12H20ClN3O/c1-9(10-4-5-14-12(13)6-10)15-7-11(17)8-16(2)3/h4-6,9,11,15,17H,7-8H2,1-3H3. The molecule has 1 aromatic heterocycles.